The first-order valence-electron chi connectivity index (χ1n) is 7.18. The molecule has 0 saturated carbocycles. The van der Waals surface area contributed by atoms with E-state index in [0.29, 0.717) is 15.9 Å². The Balaban J connectivity index is 1.78. The fourth-order valence-corrected chi connectivity index (χ4v) is 3.63. The van der Waals surface area contributed by atoms with E-state index >= 15 is 0 Å². The van der Waals surface area contributed by atoms with Gasteiger partial charge in [0.1, 0.15) is 5.01 Å². The summed E-state index contributed by atoms with van der Waals surface area (Å²) in [6.45, 7) is 2.17. The maximum absolute atomic E-state index is 11.9. The van der Waals surface area contributed by atoms with Crippen molar-refractivity contribution in [2.75, 3.05) is 11.1 Å². The molecule has 22 heavy (non-hydrogen) atoms. The number of aromatic nitrogens is 2. The average Bonchev–Trinajstić information content (AvgIpc) is 2.94. The number of nitrogens with one attached hydrogen (secondary N) is 1. The number of aryl methyl sites for hydroxylation is 1. The standard InChI is InChI=1S/C15H18ClN3OS2/c1-2-3-4-9-14-18-19-15(22-14)17-13(20)10-21-12-8-6-5-7-11(12)16/h5-8H,2-4,9-10H2,1H3,(H,17,19,20). The fraction of sp³-hybridized carbons (Fsp3) is 0.400. The summed E-state index contributed by atoms with van der Waals surface area (Å²) in [5, 5.41) is 13.1. The number of thioether (sulfide) groups is 1. The molecule has 0 spiro atoms. The van der Waals surface area contributed by atoms with Crippen LogP contribution in [0.4, 0.5) is 5.13 Å². The number of amides is 1. The number of hydrogen-bond acceptors (Lipinski definition) is 5. The molecule has 0 aliphatic rings. The minimum absolute atomic E-state index is 0.0961. The van der Waals surface area contributed by atoms with Crippen molar-refractivity contribution in [3.05, 3.63) is 34.3 Å². The molecule has 7 heteroatoms. The van der Waals surface area contributed by atoms with E-state index in [9.17, 15) is 4.79 Å². The molecule has 0 saturated heterocycles. The zero-order chi connectivity index (χ0) is 15.8. The summed E-state index contributed by atoms with van der Waals surface area (Å²) in [4.78, 5) is 12.8. The average molecular weight is 356 g/mol. The molecular weight excluding hydrogens is 338 g/mol. The molecule has 0 fully saturated rings. The van der Waals surface area contributed by atoms with Crippen LogP contribution in [0, 0.1) is 0 Å². The first-order chi connectivity index (χ1) is 10.7. The number of carbonyl (C=O) groups is 1. The SMILES string of the molecule is CCCCCc1nnc(NC(=O)CSc2ccccc2Cl)s1. The van der Waals surface area contributed by atoms with Crippen molar-refractivity contribution in [2.24, 2.45) is 0 Å². The van der Waals surface area contributed by atoms with Gasteiger partial charge in [0.25, 0.3) is 0 Å². The smallest absolute Gasteiger partial charge is 0.236 e. The minimum atomic E-state index is -0.0961. The van der Waals surface area contributed by atoms with E-state index in [1.165, 1.54) is 35.9 Å². The molecule has 2 rings (SSSR count). The van der Waals surface area contributed by atoms with Crippen molar-refractivity contribution < 1.29 is 4.79 Å². The van der Waals surface area contributed by atoms with Crippen molar-refractivity contribution in [1.29, 1.82) is 0 Å². The molecule has 1 N–H and O–H groups in total. The monoisotopic (exact) mass is 355 g/mol. The van der Waals surface area contributed by atoms with Crippen LogP contribution < -0.4 is 5.32 Å². The van der Waals surface area contributed by atoms with Gasteiger partial charge < -0.3 is 0 Å². The summed E-state index contributed by atoms with van der Waals surface area (Å²) in [7, 11) is 0. The van der Waals surface area contributed by atoms with Crippen molar-refractivity contribution in [2.45, 2.75) is 37.5 Å². The second kappa shape index (κ2) is 9.12. The van der Waals surface area contributed by atoms with Gasteiger partial charge in [0, 0.05) is 11.3 Å². The lowest BCUT2D eigenvalue weighted by atomic mass is 10.2. The molecule has 0 radical (unpaired) electrons. The summed E-state index contributed by atoms with van der Waals surface area (Å²) in [5.74, 6) is 0.204. The summed E-state index contributed by atoms with van der Waals surface area (Å²) < 4.78 is 0. The molecule has 118 valence electrons. The molecule has 1 amide bonds. The van der Waals surface area contributed by atoms with Crippen molar-refractivity contribution in [3.63, 3.8) is 0 Å². The molecule has 0 unspecified atom stereocenters. The lowest BCUT2D eigenvalue weighted by Crippen LogP contribution is -2.13. The summed E-state index contributed by atoms with van der Waals surface area (Å²) in [6.07, 6.45) is 4.41. The molecule has 0 aliphatic carbocycles. The van der Waals surface area contributed by atoms with Crippen LogP contribution in [0.1, 0.15) is 31.2 Å². The normalized spacial score (nSPS) is 10.6. The van der Waals surface area contributed by atoms with Gasteiger partial charge >= 0.3 is 0 Å². The van der Waals surface area contributed by atoms with Gasteiger partial charge in [0.15, 0.2) is 0 Å². The Hall–Kier alpha value is -1.11. The van der Waals surface area contributed by atoms with Gasteiger partial charge in [0.2, 0.25) is 11.0 Å². The van der Waals surface area contributed by atoms with Crippen LogP contribution in [0.5, 0.6) is 0 Å². The Morgan fingerprint density at radius 1 is 1.32 bits per heavy atom. The van der Waals surface area contributed by atoms with Crippen molar-refractivity contribution in [3.8, 4) is 0 Å². The van der Waals surface area contributed by atoms with Gasteiger partial charge in [-0.05, 0) is 18.6 Å². The second-order valence-corrected chi connectivity index (χ2v) is 7.21. The van der Waals surface area contributed by atoms with Gasteiger partial charge in [-0.25, -0.2) is 0 Å². The highest BCUT2D eigenvalue weighted by Gasteiger charge is 2.09. The van der Waals surface area contributed by atoms with Crippen molar-refractivity contribution >= 4 is 45.7 Å². The Labute approximate surface area is 143 Å². The van der Waals surface area contributed by atoms with Crippen LogP contribution in [0.25, 0.3) is 0 Å². The third kappa shape index (κ3) is 5.59. The van der Waals surface area contributed by atoms with E-state index in [4.69, 9.17) is 11.6 Å². The predicted octanol–water partition coefficient (Wildman–Crippen LogP) is 4.66. The highest BCUT2D eigenvalue weighted by atomic mass is 35.5. The number of halogens is 1. The van der Waals surface area contributed by atoms with Crippen LogP contribution in [0.2, 0.25) is 5.02 Å². The molecular formula is C15H18ClN3OS2. The van der Waals surface area contributed by atoms with Crippen LogP contribution in [0.15, 0.2) is 29.2 Å². The lowest BCUT2D eigenvalue weighted by Gasteiger charge is -2.03. The maximum Gasteiger partial charge on any atom is 0.236 e. The van der Waals surface area contributed by atoms with E-state index in [0.717, 1.165) is 22.7 Å². The van der Waals surface area contributed by atoms with Gasteiger partial charge in [-0.2, -0.15) is 0 Å². The molecule has 2 aromatic rings. The molecule has 1 aromatic heterocycles. The third-order valence-electron chi connectivity index (χ3n) is 2.90. The topological polar surface area (TPSA) is 54.9 Å². The Kier molecular flexibility index (Phi) is 7.15. The fourth-order valence-electron chi connectivity index (χ4n) is 1.79. The molecule has 0 atom stereocenters. The van der Waals surface area contributed by atoms with Gasteiger partial charge in [-0.3, -0.25) is 10.1 Å². The molecule has 1 aromatic carbocycles. The highest BCUT2D eigenvalue weighted by molar-refractivity contribution is 8.00. The molecule has 4 nitrogen and oxygen atoms in total. The predicted molar refractivity (Wildman–Crippen MR) is 93.9 cm³/mol. The van der Waals surface area contributed by atoms with Crippen LogP contribution >= 0.6 is 34.7 Å². The highest BCUT2D eigenvalue weighted by Crippen LogP contribution is 2.26. The van der Waals surface area contributed by atoms with Gasteiger partial charge in [0.05, 0.1) is 10.8 Å². The second-order valence-electron chi connectivity index (χ2n) is 4.73. The number of nitrogens with zero attached hydrogens (tertiary/aromatic N) is 2. The number of carbonyl (C=O) groups excluding carboxylic acids is 1. The summed E-state index contributed by atoms with van der Waals surface area (Å²) in [6, 6.07) is 7.49. The Morgan fingerprint density at radius 2 is 2.14 bits per heavy atom. The van der Waals surface area contributed by atoms with E-state index in [2.05, 4.69) is 22.4 Å². The van der Waals surface area contributed by atoms with Gasteiger partial charge in [-0.15, -0.1) is 22.0 Å². The minimum Gasteiger partial charge on any atom is -0.300 e. The van der Waals surface area contributed by atoms with E-state index < -0.39 is 0 Å². The zero-order valence-electron chi connectivity index (χ0n) is 12.3. The van der Waals surface area contributed by atoms with Crippen molar-refractivity contribution in [1.82, 2.24) is 10.2 Å². The maximum atomic E-state index is 11.9. The molecule has 0 bridgehead atoms. The Morgan fingerprint density at radius 3 is 2.91 bits per heavy atom. The first kappa shape index (κ1) is 17.2. The van der Waals surface area contributed by atoms with Gasteiger partial charge in [-0.1, -0.05) is 54.8 Å². The van der Waals surface area contributed by atoms with E-state index in [1.807, 2.05) is 24.3 Å². The molecule has 1 heterocycles. The number of rotatable bonds is 8. The van der Waals surface area contributed by atoms with E-state index in [1.54, 1.807) is 0 Å². The lowest BCUT2D eigenvalue weighted by molar-refractivity contribution is -0.113. The largest absolute Gasteiger partial charge is 0.300 e. The van der Waals surface area contributed by atoms with E-state index in [-0.39, 0.29) is 5.91 Å². The zero-order valence-corrected chi connectivity index (χ0v) is 14.7. The third-order valence-corrected chi connectivity index (χ3v) is 5.32. The number of unbranched alkanes of at least 4 members (excludes halogenated alkanes) is 2. The van der Waals surface area contributed by atoms with Crippen LogP contribution in [0.3, 0.4) is 0 Å². The van der Waals surface area contributed by atoms with Crippen LogP contribution in [-0.2, 0) is 11.2 Å². The summed E-state index contributed by atoms with van der Waals surface area (Å²) >= 11 is 8.92. The summed E-state index contributed by atoms with van der Waals surface area (Å²) in [5.41, 5.74) is 0. The first-order valence-corrected chi connectivity index (χ1v) is 9.36. The number of hydrogen-bond donors (Lipinski definition) is 1. The number of anilines is 1. The Bertz CT molecular complexity index is 618. The quantitative estimate of drug-likeness (QED) is 0.553. The number of benzene rings is 1. The molecule has 0 aliphatic heterocycles. The van der Waals surface area contributed by atoms with Crippen LogP contribution in [-0.4, -0.2) is 21.9 Å².